The van der Waals surface area contributed by atoms with Crippen LogP contribution in [0.3, 0.4) is 0 Å². The lowest BCUT2D eigenvalue weighted by Crippen LogP contribution is -2.16. The molecular formula is C25H19Br2IN2O4. The number of hydrazone groups is 1. The van der Waals surface area contributed by atoms with Crippen LogP contribution in [0.4, 0.5) is 0 Å². The van der Waals surface area contributed by atoms with E-state index in [1.165, 1.54) is 6.21 Å². The van der Waals surface area contributed by atoms with Crippen LogP contribution in [-0.2, 0) is 6.61 Å². The predicted molar refractivity (Wildman–Crippen MR) is 148 cm³/mol. The maximum Gasteiger partial charge on any atom is 0.307 e. The van der Waals surface area contributed by atoms with Crippen LogP contribution in [0.2, 0.25) is 0 Å². The summed E-state index contributed by atoms with van der Waals surface area (Å²) in [6.45, 7) is 2.80. The lowest BCUT2D eigenvalue weighted by atomic mass is 10.2. The van der Waals surface area contributed by atoms with E-state index < -0.39 is 5.91 Å². The molecule has 0 saturated heterocycles. The van der Waals surface area contributed by atoms with Crippen molar-refractivity contribution >= 4 is 77.5 Å². The second kappa shape index (κ2) is 11.4. The monoisotopic (exact) mass is 696 g/mol. The Balaban J connectivity index is 1.48. The van der Waals surface area contributed by atoms with E-state index in [-0.39, 0.29) is 5.76 Å². The summed E-state index contributed by atoms with van der Waals surface area (Å²) in [6.07, 6.45) is 1.54. The fourth-order valence-electron chi connectivity index (χ4n) is 3.20. The highest BCUT2D eigenvalue weighted by atomic mass is 127. The Bertz CT molecular complexity index is 1360. The minimum absolute atomic E-state index is 0.184. The Labute approximate surface area is 227 Å². The zero-order chi connectivity index (χ0) is 24.1. The highest BCUT2D eigenvalue weighted by Crippen LogP contribution is 2.37. The van der Waals surface area contributed by atoms with Crippen molar-refractivity contribution in [2.24, 2.45) is 5.10 Å². The van der Waals surface area contributed by atoms with E-state index in [1.807, 2.05) is 61.5 Å². The average molecular weight is 698 g/mol. The van der Waals surface area contributed by atoms with Crippen LogP contribution in [0, 0.1) is 3.57 Å². The van der Waals surface area contributed by atoms with Crippen LogP contribution < -0.4 is 14.9 Å². The number of halogens is 3. The molecule has 1 amide bonds. The summed E-state index contributed by atoms with van der Waals surface area (Å²) in [7, 11) is 0. The molecule has 9 heteroatoms. The standard InChI is InChI=1S/C25H19Br2IN2O4/c1-2-32-21-9-16(8-19(27)24(21)33-14-15-6-4-3-5-7-15)13-29-30-25(31)22-11-17-10-18(26)12-20(28)23(17)34-22/h3-13H,2,14H2,1H3,(H,30,31)/b29-13-. The van der Waals surface area contributed by atoms with Crippen LogP contribution >= 0.6 is 54.5 Å². The summed E-state index contributed by atoms with van der Waals surface area (Å²) in [6, 6.07) is 19.1. The van der Waals surface area contributed by atoms with E-state index >= 15 is 0 Å². The van der Waals surface area contributed by atoms with Gasteiger partial charge in [0.05, 0.1) is 20.9 Å². The molecule has 0 radical (unpaired) electrons. The average Bonchev–Trinajstić information content (AvgIpc) is 3.24. The Morgan fingerprint density at radius 1 is 1.12 bits per heavy atom. The molecule has 0 atom stereocenters. The summed E-state index contributed by atoms with van der Waals surface area (Å²) in [4.78, 5) is 12.5. The molecule has 4 aromatic rings. The molecule has 3 aromatic carbocycles. The number of nitrogens with one attached hydrogen (secondary N) is 1. The molecule has 0 bridgehead atoms. The van der Waals surface area contributed by atoms with Crippen molar-refractivity contribution in [3.05, 3.63) is 90.1 Å². The molecule has 174 valence electrons. The molecule has 0 aliphatic carbocycles. The van der Waals surface area contributed by atoms with Gasteiger partial charge in [-0.15, -0.1) is 0 Å². The lowest BCUT2D eigenvalue weighted by Gasteiger charge is -2.14. The smallest absolute Gasteiger partial charge is 0.307 e. The summed E-state index contributed by atoms with van der Waals surface area (Å²) in [5.41, 5.74) is 4.95. The van der Waals surface area contributed by atoms with Crippen molar-refractivity contribution in [2.45, 2.75) is 13.5 Å². The molecule has 4 rings (SSSR count). The topological polar surface area (TPSA) is 73.1 Å². The quantitative estimate of drug-likeness (QED) is 0.119. The third kappa shape index (κ3) is 6.00. The van der Waals surface area contributed by atoms with Crippen LogP contribution in [0.1, 0.15) is 28.6 Å². The molecule has 6 nitrogen and oxygen atoms in total. The van der Waals surface area contributed by atoms with Crippen molar-refractivity contribution < 1.29 is 18.7 Å². The summed E-state index contributed by atoms with van der Waals surface area (Å²) >= 11 is 9.18. The SMILES string of the molecule is CCOc1cc(/C=N\NC(=O)c2cc3cc(Br)cc(I)c3o2)cc(Br)c1OCc1ccccc1. The summed E-state index contributed by atoms with van der Waals surface area (Å²) in [5.74, 6) is 0.934. The van der Waals surface area contributed by atoms with Gasteiger partial charge in [-0.1, -0.05) is 46.3 Å². The normalized spacial score (nSPS) is 11.2. The van der Waals surface area contributed by atoms with Crippen LogP contribution in [0.5, 0.6) is 11.5 Å². The molecule has 1 aromatic heterocycles. The van der Waals surface area contributed by atoms with Gasteiger partial charge >= 0.3 is 5.91 Å². The van der Waals surface area contributed by atoms with E-state index in [4.69, 9.17) is 13.9 Å². The predicted octanol–water partition coefficient (Wildman–Crippen LogP) is 7.30. The van der Waals surface area contributed by atoms with E-state index in [1.54, 1.807) is 6.07 Å². The lowest BCUT2D eigenvalue weighted by molar-refractivity contribution is 0.0929. The maximum atomic E-state index is 12.5. The van der Waals surface area contributed by atoms with E-state index in [0.29, 0.717) is 30.3 Å². The van der Waals surface area contributed by atoms with E-state index in [9.17, 15) is 4.79 Å². The number of ether oxygens (including phenoxy) is 2. The van der Waals surface area contributed by atoms with Crippen LogP contribution in [0.25, 0.3) is 11.0 Å². The van der Waals surface area contributed by atoms with Gasteiger partial charge in [0, 0.05) is 9.86 Å². The molecule has 0 fully saturated rings. The molecule has 1 N–H and O–H groups in total. The number of hydrogen-bond donors (Lipinski definition) is 1. The first kappa shape index (κ1) is 24.7. The minimum Gasteiger partial charge on any atom is -0.490 e. The van der Waals surface area contributed by atoms with Gasteiger partial charge in [0.2, 0.25) is 0 Å². The van der Waals surface area contributed by atoms with E-state index in [0.717, 1.165) is 29.0 Å². The highest BCUT2D eigenvalue weighted by Gasteiger charge is 2.15. The van der Waals surface area contributed by atoms with Gasteiger partial charge in [0.1, 0.15) is 12.2 Å². The van der Waals surface area contributed by atoms with Gasteiger partial charge in [0.15, 0.2) is 17.3 Å². The maximum absolute atomic E-state index is 12.5. The Hall–Kier alpha value is -2.37. The Morgan fingerprint density at radius 2 is 1.91 bits per heavy atom. The van der Waals surface area contributed by atoms with Gasteiger partial charge in [-0.05, 0) is 86.9 Å². The number of rotatable bonds is 8. The van der Waals surface area contributed by atoms with Crippen molar-refractivity contribution in [1.29, 1.82) is 0 Å². The number of amides is 1. The molecule has 0 spiro atoms. The zero-order valence-corrected chi connectivity index (χ0v) is 23.3. The molecule has 0 saturated carbocycles. The summed E-state index contributed by atoms with van der Waals surface area (Å²) in [5, 5.41) is 4.92. The summed E-state index contributed by atoms with van der Waals surface area (Å²) < 4.78 is 20.0. The molecule has 0 aliphatic rings. The minimum atomic E-state index is -0.439. The molecule has 0 unspecified atom stereocenters. The number of hydrogen-bond acceptors (Lipinski definition) is 5. The molecular weight excluding hydrogens is 679 g/mol. The number of furan rings is 1. The van der Waals surface area contributed by atoms with Crippen molar-refractivity contribution in [3.63, 3.8) is 0 Å². The second-order valence-corrected chi connectivity index (χ2v) is 10.1. The zero-order valence-electron chi connectivity index (χ0n) is 18.0. The molecule has 34 heavy (non-hydrogen) atoms. The number of benzene rings is 3. The third-order valence-corrected chi connectivity index (χ3v) is 6.55. The Kier molecular flexibility index (Phi) is 8.28. The third-order valence-electron chi connectivity index (χ3n) is 4.70. The van der Waals surface area contributed by atoms with Crippen LogP contribution in [0.15, 0.2) is 79.1 Å². The van der Waals surface area contributed by atoms with Gasteiger partial charge in [-0.25, -0.2) is 5.43 Å². The number of fused-ring (bicyclic) bond motifs is 1. The number of carbonyl (C=O) groups excluding carboxylic acids is 1. The van der Waals surface area contributed by atoms with Gasteiger partial charge in [-0.2, -0.15) is 5.10 Å². The van der Waals surface area contributed by atoms with Gasteiger partial charge in [0.25, 0.3) is 0 Å². The van der Waals surface area contributed by atoms with Crippen molar-refractivity contribution in [1.82, 2.24) is 5.43 Å². The highest BCUT2D eigenvalue weighted by molar-refractivity contribution is 14.1. The van der Waals surface area contributed by atoms with Crippen molar-refractivity contribution in [2.75, 3.05) is 6.61 Å². The second-order valence-electron chi connectivity index (χ2n) is 7.15. The largest absolute Gasteiger partial charge is 0.490 e. The van der Waals surface area contributed by atoms with Crippen LogP contribution in [-0.4, -0.2) is 18.7 Å². The van der Waals surface area contributed by atoms with E-state index in [2.05, 4.69) is 65.0 Å². The van der Waals surface area contributed by atoms with Gasteiger partial charge < -0.3 is 13.9 Å². The van der Waals surface area contributed by atoms with Crippen molar-refractivity contribution in [3.8, 4) is 11.5 Å². The number of carbonyl (C=O) groups is 1. The first-order chi connectivity index (χ1) is 16.4. The molecule has 1 heterocycles. The fourth-order valence-corrected chi connectivity index (χ4v) is 5.44. The first-order valence-electron chi connectivity index (χ1n) is 10.3. The first-order valence-corrected chi connectivity index (χ1v) is 13.0. The van der Waals surface area contributed by atoms with Gasteiger partial charge in [-0.3, -0.25) is 4.79 Å². The number of nitrogens with zero attached hydrogens (tertiary/aromatic N) is 1. The molecule has 0 aliphatic heterocycles. The fraction of sp³-hybridized carbons (Fsp3) is 0.120. The Morgan fingerprint density at radius 3 is 2.68 bits per heavy atom.